The molecule has 0 aromatic rings. The lowest BCUT2D eigenvalue weighted by atomic mass is 10.4. The molecule has 98 valence electrons. The SMILES string of the molecule is CC(O)COC(=O)C(C)SC(=S)SC(C)C=O. The van der Waals surface area contributed by atoms with Gasteiger partial charge in [-0.25, -0.2) is 0 Å². The number of thioether (sulfide) groups is 2. The first-order chi connectivity index (χ1) is 7.86. The number of esters is 1. The van der Waals surface area contributed by atoms with Crippen LogP contribution in [0.1, 0.15) is 20.8 Å². The number of carbonyl (C=O) groups excluding carboxylic acids is 2. The third-order valence-corrected chi connectivity index (χ3v) is 4.11. The smallest absolute Gasteiger partial charge is 0.319 e. The van der Waals surface area contributed by atoms with Crippen LogP contribution in [0, 0.1) is 0 Å². The number of rotatable bonds is 6. The number of aliphatic hydroxyl groups excluding tert-OH is 1. The highest BCUT2D eigenvalue weighted by atomic mass is 32.2. The minimum absolute atomic E-state index is 0.0195. The molecular formula is C10H16O4S3. The largest absolute Gasteiger partial charge is 0.462 e. The van der Waals surface area contributed by atoms with E-state index >= 15 is 0 Å². The molecular weight excluding hydrogens is 280 g/mol. The number of hydrogen-bond acceptors (Lipinski definition) is 7. The molecule has 3 atom stereocenters. The average molecular weight is 296 g/mol. The Morgan fingerprint density at radius 1 is 1.41 bits per heavy atom. The lowest BCUT2D eigenvalue weighted by Crippen LogP contribution is -2.22. The number of carbonyl (C=O) groups is 2. The molecule has 0 aliphatic rings. The summed E-state index contributed by atoms with van der Waals surface area (Å²) in [7, 11) is 0. The van der Waals surface area contributed by atoms with Crippen molar-refractivity contribution in [1.29, 1.82) is 0 Å². The molecule has 0 amide bonds. The molecule has 0 saturated heterocycles. The summed E-state index contributed by atoms with van der Waals surface area (Å²) < 4.78 is 5.38. The van der Waals surface area contributed by atoms with E-state index in [2.05, 4.69) is 0 Å². The third kappa shape index (κ3) is 8.59. The van der Waals surface area contributed by atoms with Crippen molar-refractivity contribution in [2.75, 3.05) is 6.61 Å². The van der Waals surface area contributed by atoms with E-state index in [1.165, 1.54) is 30.4 Å². The molecule has 0 saturated carbocycles. The molecule has 0 fully saturated rings. The molecule has 0 aliphatic heterocycles. The predicted molar refractivity (Wildman–Crippen MR) is 75.4 cm³/mol. The summed E-state index contributed by atoms with van der Waals surface area (Å²) in [4.78, 5) is 21.9. The molecule has 1 N–H and O–H groups in total. The Labute approximate surface area is 115 Å². The number of hydrogen-bond donors (Lipinski definition) is 1. The van der Waals surface area contributed by atoms with Gasteiger partial charge in [-0.2, -0.15) is 0 Å². The maximum atomic E-state index is 11.4. The number of aliphatic hydroxyl groups is 1. The Morgan fingerprint density at radius 2 is 2.00 bits per heavy atom. The predicted octanol–water partition coefficient (Wildman–Crippen LogP) is 1.64. The minimum Gasteiger partial charge on any atom is -0.462 e. The minimum atomic E-state index is -0.674. The molecule has 0 aliphatic carbocycles. The van der Waals surface area contributed by atoms with Crippen molar-refractivity contribution in [3.63, 3.8) is 0 Å². The van der Waals surface area contributed by atoms with Crippen LogP contribution >= 0.6 is 35.7 Å². The van der Waals surface area contributed by atoms with Crippen molar-refractivity contribution in [3.05, 3.63) is 0 Å². The lowest BCUT2D eigenvalue weighted by Gasteiger charge is -2.13. The molecule has 7 heteroatoms. The summed E-state index contributed by atoms with van der Waals surface area (Å²) in [6, 6.07) is 0. The van der Waals surface area contributed by atoms with E-state index in [-0.39, 0.29) is 11.9 Å². The van der Waals surface area contributed by atoms with E-state index in [4.69, 9.17) is 22.1 Å². The van der Waals surface area contributed by atoms with Crippen LogP contribution in [-0.4, -0.2) is 44.1 Å². The van der Waals surface area contributed by atoms with E-state index in [1.54, 1.807) is 13.8 Å². The van der Waals surface area contributed by atoms with Gasteiger partial charge in [-0.15, -0.1) is 0 Å². The first-order valence-corrected chi connectivity index (χ1v) is 7.20. The molecule has 17 heavy (non-hydrogen) atoms. The van der Waals surface area contributed by atoms with Gasteiger partial charge >= 0.3 is 5.97 Å². The van der Waals surface area contributed by atoms with Crippen molar-refractivity contribution >= 4 is 51.5 Å². The number of ether oxygens (including phenoxy) is 1. The normalized spacial score (nSPS) is 15.8. The molecule has 0 rings (SSSR count). The van der Waals surface area contributed by atoms with Crippen LogP contribution < -0.4 is 0 Å². The van der Waals surface area contributed by atoms with Crippen molar-refractivity contribution in [2.24, 2.45) is 0 Å². The first kappa shape index (κ1) is 16.9. The van der Waals surface area contributed by atoms with Gasteiger partial charge in [-0.3, -0.25) is 4.79 Å². The van der Waals surface area contributed by atoms with Crippen molar-refractivity contribution < 1.29 is 19.4 Å². The maximum Gasteiger partial charge on any atom is 0.319 e. The van der Waals surface area contributed by atoms with E-state index in [1.807, 2.05) is 0 Å². The van der Waals surface area contributed by atoms with E-state index in [9.17, 15) is 9.59 Å². The van der Waals surface area contributed by atoms with Gasteiger partial charge in [0.05, 0.1) is 11.4 Å². The second kappa shape index (κ2) is 8.91. The van der Waals surface area contributed by atoms with Crippen LogP contribution in [0.5, 0.6) is 0 Å². The molecule has 0 aromatic heterocycles. The summed E-state index contributed by atoms with van der Waals surface area (Å²) >= 11 is 7.46. The molecule has 0 bridgehead atoms. The molecule has 3 unspecified atom stereocenters. The van der Waals surface area contributed by atoms with Crippen LogP contribution in [0.15, 0.2) is 0 Å². The van der Waals surface area contributed by atoms with Gasteiger partial charge in [0.15, 0.2) is 0 Å². The Balaban J connectivity index is 3.98. The van der Waals surface area contributed by atoms with Crippen molar-refractivity contribution in [1.82, 2.24) is 0 Å². The highest BCUT2D eigenvalue weighted by molar-refractivity contribution is 8.47. The fourth-order valence-electron chi connectivity index (χ4n) is 0.720. The molecule has 0 radical (unpaired) electrons. The van der Waals surface area contributed by atoms with Gasteiger partial charge in [-0.1, -0.05) is 35.7 Å². The van der Waals surface area contributed by atoms with E-state index < -0.39 is 17.3 Å². The lowest BCUT2D eigenvalue weighted by molar-refractivity contribution is -0.145. The topological polar surface area (TPSA) is 63.6 Å². The fourth-order valence-corrected chi connectivity index (χ4v) is 3.53. The number of aldehydes is 1. The summed E-state index contributed by atoms with van der Waals surface area (Å²) in [5.74, 6) is -0.419. The zero-order chi connectivity index (χ0) is 13.4. The summed E-state index contributed by atoms with van der Waals surface area (Å²) in [6.45, 7) is 4.93. The van der Waals surface area contributed by atoms with E-state index in [0.29, 0.717) is 3.53 Å². The van der Waals surface area contributed by atoms with Crippen LogP contribution in [0.2, 0.25) is 0 Å². The van der Waals surface area contributed by atoms with Crippen LogP contribution in [0.3, 0.4) is 0 Å². The molecule has 0 aromatic carbocycles. The standard InChI is InChI=1S/C10H16O4S3/c1-6(12)5-14-9(13)8(3)17-10(15)16-7(2)4-11/h4,6-8,12H,5H2,1-3H3. The Hall–Kier alpha value is -0.110. The van der Waals surface area contributed by atoms with Gasteiger partial charge in [0.2, 0.25) is 0 Å². The van der Waals surface area contributed by atoms with Crippen molar-refractivity contribution in [2.45, 2.75) is 37.4 Å². The van der Waals surface area contributed by atoms with Gasteiger partial charge in [0.1, 0.15) is 21.7 Å². The highest BCUT2D eigenvalue weighted by Crippen LogP contribution is 2.25. The zero-order valence-corrected chi connectivity index (χ0v) is 12.4. The fraction of sp³-hybridized carbons (Fsp3) is 0.700. The van der Waals surface area contributed by atoms with Gasteiger partial charge in [-0.05, 0) is 20.8 Å². The van der Waals surface area contributed by atoms with Crippen LogP contribution in [0.25, 0.3) is 0 Å². The Bertz CT molecular complexity index is 281. The maximum absolute atomic E-state index is 11.4. The average Bonchev–Trinajstić information content (AvgIpc) is 2.25. The van der Waals surface area contributed by atoms with Crippen LogP contribution in [-0.2, 0) is 14.3 Å². The Morgan fingerprint density at radius 3 is 2.47 bits per heavy atom. The first-order valence-electron chi connectivity index (χ1n) is 5.04. The Kier molecular flexibility index (Phi) is 8.85. The number of thiocarbonyl (C=S) groups is 1. The van der Waals surface area contributed by atoms with Crippen molar-refractivity contribution in [3.8, 4) is 0 Å². The van der Waals surface area contributed by atoms with Gasteiger partial charge in [0, 0.05) is 0 Å². The second-order valence-electron chi connectivity index (χ2n) is 3.45. The molecule has 4 nitrogen and oxygen atoms in total. The second-order valence-corrected chi connectivity index (χ2v) is 7.37. The summed E-state index contributed by atoms with van der Waals surface area (Å²) in [5, 5.41) is 8.31. The zero-order valence-electron chi connectivity index (χ0n) is 9.91. The molecule has 0 heterocycles. The highest BCUT2D eigenvalue weighted by Gasteiger charge is 2.19. The quantitative estimate of drug-likeness (QED) is 0.454. The summed E-state index contributed by atoms with van der Waals surface area (Å²) in [5.41, 5.74) is 0. The third-order valence-electron chi connectivity index (χ3n) is 1.55. The van der Waals surface area contributed by atoms with E-state index in [0.717, 1.165) is 6.29 Å². The molecule has 0 spiro atoms. The van der Waals surface area contributed by atoms with Gasteiger partial charge in [0.25, 0.3) is 0 Å². The monoisotopic (exact) mass is 296 g/mol. The summed E-state index contributed by atoms with van der Waals surface area (Å²) in [6.07, 6.45) is 0.126. The van der Waals surface area contributed by atoms with Crippen LogP contribution in [0.4, 0.5) is 0 Å². The van der Waals surface area contributed by atoms with Gasteiger partial charge < -0.3 is 14.6 Å².